The number of carbonyl (C=O) groups is 2. The Labute approximate surface area is 139 Å². The summed E-state index contributed by atoms with van der Waals surface area (Å²) in [5.41, 5.74) is -0.0113. The number of halogens is 3. The summed E-state index contributed by atoms with van der Waals surface area (Å²) >= 11 is 0.124. The van der Waals surface area contributed by atoms with Crippen molar-refractivity contribution in [3.63, 3.8) is 0 Å². The number of alkyl halides is 2. The van der Waals surface area contributed by atoms with Crippen LogP contribution in [0, 0.1) is 5.82 Å². The zero-order valence-corrected chi connectivity index (χ0v) is 13.2. The largest absolute Gasteiger partial charge is 0.326 e. The first-order valence-corrected chi connectivity index (χ1v) is 7.53. The molecule has 5 nitrogen and oxygen atoms in total. The SMILES string of the molecule is CC(=O)Nc1ccc(F)c(NC(=O)c2cccnc2SC(F)F)c1. The standard InChI is InChI=1S/C15H12F3N3O2S/c1-8(22)20-9-4-5-11(16)12(7-9)21-13(23)10-3-2-6-19-14(10)24-15(17)18/h2-7,15H,1H3,(H,20,22)(H,21,23). The lowest BCUT2D eigenvalue weighted by Gasteiger charge is -2.11. The Morgan fingerprint density at radius 1 is 1.21 bits per heavy atom. The second-order valence-corrected chi connectivity index (χ2v) is 5.54. The average molecular weight is 355 g/mol. The lowest BCUT2D eigenvalue weighted by Crippen LogP contribution is -2.15. The van der Waals surface area contributed by atoms with Gasteiger partial charge in [-0.1, -0.05) is 0 Å². The molecule has 0 fully saturated rings. The van der Waals surface area contributed by atoms with Crippen molar-refractivity contribution in [1.29, 1.82) is 0 Å². The molecule has 1 aromatic carbocycles. The molecule has 1 heterocycles. The highest BCUT2D eigenvalue weighted by molar-refractivity contribution is 7.99. The van der Waals surface area contributed by atoms with E-state index < -0.39 is 17.5 Å². The molecule has 0 aliphatic heterocycles. The summed E-state index contributed by atoms with van der Waals surface area (Å²) in [6.07, 6.45) is 1.28. The summed E-state index contributed by atoms with van der Waals surface area (Å²) in [7, 11) is 0. The van der Waals surface area contributed by atoms with Crippen LogP contribution in [0.4, 0.5) is 24.5 Å². The predicted molar refractivity (Wildman–Crippen MR) is 84.8 cm³/mol. The molecule has 24 heavy (non-hydrogen) atoms. The molecule has 2 amide bonds. The molecule has 0 unspecified atom stereocenters. The quantitative estimate of drug-likeness (QED) is 0.802. The van der Waals surface area contributed by atoms with Crippen LogP contribution in [0.25, 0.3) is 0 Å². The number of pyridine rings is 1. The molecule has 0 saturated heterocycles. The van der Waals surface area contributed by atoms with E-state index in [1.165, 1.54) is 37.4 Å². The van der Waals surface area contributed by atoms with Gasteiger partial charge in [0.2, 0.25) is 5.91 Å². The Balaban J connectivity index is 2.25. The number of nitrogens with zero attached hydrogens (tertiary/aromatic N) is 1. The number of hydrogen-bond donors (Lipinski definition) is 2. The summed E-state index contributed by atoms with van der Waals surface area (Å²) < 4.78 is 38.9. The highest BCUT2D eigenvalue weighted by Gasteiger charge is 2.18. The van der Waals surface area contributed by atoms with E-state index in [2.05, 4.69) is 15.6 Å². The van der Waals surface area contributed by atoms with Crippen molar-refractivity contribution in [1.82, 2.24) is 4.98 Å². The van der Waals surface area contributed by atoms with Gasteiger partial charge >= 0.3 is 0 Å². The van der Waals surface area contributed by atoms with E-state index >= 15 is 0 Å². The van der Waals surface area contributed by atoms with Gasteiger partial charge in [-0.15, -0.1) is 0 Å². The Bertz CT molecular complexity index is 771. The van der Waals surface area contributed by atoms with E-state index in [-0.39, 0.29) is 39.6 Å². The Hall–Kier alpha value is -2.55. The molecule has 0 aliphatic rings. The summed E-state index contributed by atoms with van der Waals surface area (Å²) in [5, 5.41) is 4.58. The minimum absolute atomic E-state index is 0.105. The predicted octanol–water partition coefficient (Wildman–Crippen LogP) is 3.75. The first-order valence-electron chi connectivity index (χ1n) is 6.65. The third kappa shape index (κ3) is 4.72. The van der Waals surface area contributed by atoms with E-state index in [0.717, 1.165) is 6.07 Å². The van der Waals surface area contributed by atoms with Crippen LogP contribution in [-0.4, -0.2) is 22.6 Å². The molecule has 0 aliphatic carbocycles. The van der Waals surface area contributed by atoms with Crippen molar-refractivity contribution in [2.75, 3.05) is 10.6 Å². The van der Waals surface area contributed by atoms with Gasteiger partial charge in [0.15, 0.2) is 0 Å². The maximum absolute atomic E-state index is 13.8. The molecule has 0 bridgehead atoms. The maximum atomic E-state index is 13.8. The minimum atomic E-state index is -2.74. The second-order valence-electron chi connectivity index (χ2n) is 4.56. The molecule has 126 valence electrons. The van der Waals surface area contributed by atoms with E-state index in [1.807, 2.05) is 0 Å². The lowest BCUT2D eigenvalue weighted by molar-refractivity contribution is -0.114. The maximum Gasteiger partial charge on any atom is 0.290 e. The summed E-state index contributed by atoms with van der Waals surface area (Å²) in [6.45, 7) is 1.28. The third-order valence-electron chi connectivity index (χ3n) is 2.75. The molecule has 0 atom stereocenters. The fourth-order valence-corrected chi connectivity index (χ4v) is 2.41. The number of carbonyl (C=O) groups excluding carboxylic acids is 2. The van der Waals surface area contributed by atoms with Gasteiger partial charge in [-0.2, -0.15) is 8.78 Å². The van der Waals surface area contributed by atoms with Gasteiger partial charge < -0.3 is 10.6 Å². The van der Waals surface area contributed by atoms with Crippen LogP contribution in [0.3, 0.4) is 0 Å². The topological polar surface area (TPSA) is 71.1 Å². The van der Waals surface area contributed by atoms with Gasteiger partial charge in [0.1, 0.15) is 10.8 Å². The van der Waals surface area contributed by atoms with E-state index in [4.69, 9.17) is 0 Å². The highest BCUT2D eigenvalue weighted by Crippen LogP contribution is 2.27. The van der Waals surface area contributed by atoms with Crippen LogP contribution >= 0.6 is 11.8 Å². The second kappa shape index (κ2) is 7.82. The smallest absolute Gasteiger partial charge is 0.290 e. The van der Waals surface area contributed by atoms with E-state index in [9.17, 15) is 22.8 Å². The van der Waals surface area contributed by atoms with Crippen LogP contribution in [0.1, 0.15) is 17.3 Å². The van der Waals surface area contributed by atoms with Gasteiger partial charge in [0.25, 0.3) is 11.7 Å². The molecular formula is C15H12F3N3O2S. The molecule has 9 heteroatoms. The van der Waals surface area contributed by atoms with E-state index in [1.54, 1.807) is 0 Å². The monoisotopic (exact) mass is 355 g/mol. The Morgan fingerprint density at radius 3 is 2.62 bits per heavy atom. The van der Waals surface area contributed by atoms with Gasteiger partial charge in [-0.3, -0.25) is 9.59 Å². The van der Waals surface area contributed by atoms with Crippen LogP contribution in [-0.2, 0) is 4.79 Å². The van der Waals surface area contributed by atoms with Crippen molar-refractivity contribution in [3.8, 4) is 0 Å². The summed E-state index contributed by atoms with van der Waals surface area (Å²) in [5.74, 6) is -4.62. The number of benzene rings is 1. The van der Waals surface area contributed by atoms with Crippen LogP contribution in [0.2, 0.25) is 0 Å². The molecule has 2 N–H and O–H groups in total. The zero-order chi connectivity index (χ0) is 17.7. The van der Waals surface area contributed by atoms with E-state index in [0.29, 0.717) is 0 Å². The van der Waals surface area contributed by atoms with Gasteiger partial charge in [0.05, 0.1) is 11.3 Å². The number of amides is 2. The molecule has 0 saturated carbocycles. The first-order chi connectivity index (χ1) is 11.4. The van der Waals surface area contributed by atoms with Crippen LogP contribution in [0.5, 0.6) is 0 Å². The van der Waals surface area contributed by atoms with Crippen molar-refractivity contribution in [3.05, 3.63) is 47.9 Å². The van der Waals surface area contributed by atoms with Crippen molar-refractivity contribution < 1.29 is 22.8 Å². The number of rotatable bonds is 5. The average Bonchev–Trinajstić information content (AvgIpc) is 2.50. The fraction of sp³-hybridized carbons (Fsp3) is 0.133. The van der Waals surface area contributed by atoms with Crippen molar-refractivity contribution in [2.45, 2.75) is 17.7 Å². The number of nitrogens with one attached hydrogen (secondary N) is 2. The van der Waals surface area contributed by atoms with Crippen LogP contribution in [0.15, 0.2) is 41.6 Å². The molecule has 0 spiro atoms. The normalized spacial score (nSPS) is 10.5. The minimum Gasteiger partial charge on any atom is -0.326 e. The third-order valence-corrected chi connectivity index (χ3v) is 3.48. The molecule has 0 radical (unpaired) electrons. The molecular weight excluding hydrogens is 343 g/mol. The van der Waals surface area contributed by atoms with Gasteiger partial charge in [0, 0.05) is 18.8 Å². The fourth-order valence-electron chi connectivity index (χ4n) is 1.83. The highest BCUT2D eigenvalue weighted by atomic mass is 32.2. The Kier molecular flexibility index (Phi) is 5.80. The molecule has 2 rings (SSSR count). The number of anilines is 2. The molecule has 2 aromatic rings. The number of aromatic nitrogens is 1. The van der Waals surface area contributed by atoms with Gasteiger partial charge in [-0.25, -0.2) is 9.37 Å². The number of thioether (sulfide) groups is 1. The van der Waals surface area contributed by atoms with Crippen molar-refractivity contribution >= 4 is 35.0 Å². The summed E-state index contributed by atoms with van der Waals surface area (Å²) in [6, 6.07) is 6.34. The van der Waals surface area contributed by atoms with Crippen molar-refractivity contribution in [2.24, 2.45) is 0 Å². The number of hydrogen-bond acceptors (Lipinski definition) is 4. The van der Waals surface area contributed by atoms with Crippen LogP contribution < -0.4 is 10.6 Å². The van der Waals surface area contributed by atoms with Gasteiger partial charge in [-0.05, 0) is 42.1 Å². The Morgan fingerprint density at radius 2 is 1.96 bits per heavy atom. The lowest BCUT2D eigenvalue weighted by atomic mass is 10.2. The first kappa shape index (κ1) is 17.8. The summed E-state index contributed by atoms with van der Waals surface area (Å²) in [4.78, 5) is 27.0. The zero-order valence-electron chi connectivity index (χ0n) is 12.3. The molecule has 1 aromatic heterocycles.